The number of anilines is 2. The van der Waals surface area contributed by atoms with Crippen LogP contribution in [0.2, 0.25) is 0 Å². The first kappa shape index (κ1) is 24.1. The molecule has 6 heteroatoms. The molecule has 0 bridgehead atoms. The fraction of sp³-hybridized carbons (Fsp3) is 0.333. The second kappa shape index (κ2) is 11.9. The lowest BCUT2D eigenvalue weighted by Crippen LogP contribution is -2.25. The highest BCUT2D eigenvalue weighted by Crippen LogP contribution is 2.32. The molecule has 0 heterocycles. The van der Waals surface area contributed by atoms with Crippen LogP contribution < -0.4 is 16.2 Å². The van der Waals surface area contributed by atoms with Crippen molar-refractivity contribution in [1.82, 2.24) is 0 Å². The highest BCUT2D eigenvalue weighted by atomic mass is 16.5. The Balaban J connectivity index is 1.43. The second-order valence-corrected chi connectivity index (χ2v) is 8.47. The minimum absolute atomic E-state index is 0.0329. The smallest absolute Gasteiger partial charge is 0.331 e. The first-order chi connectivity index (χ1) is 15.9. The first-order valence-electron chi connectivity index (χ1n) is 11.4. The third kappa shape index (κ3) is 7.52. The number of nitrogens with two attached hydrogens (primary N) is 2. The molecule has 0 spiro atoms. The van der Waals surface area contributed by atoms with Gasteiger partial charge in [0.2, 0.25) is 0 Å². The van der Waals surface area contributed by atoms with Crippen LogP contribution in [0.4, 0.5) is 11.4 Å². The quantitative estimate of drug-likeness (QED) is 0.178. The van der Waals surface area contributed by atoms with Gasteiger partial charge in [0.1, 0.15) is 12.4 Å². The van der Waals surface area contributed by atoms with Gasteiger partial charge in [0.15, 0.2) is 0 Å². The van der Waals surface area contributed by atoms with Gasteiger partial charge in [0.25, 0.3) is 0 Å². The zero-order valence-electron chi connectivity index (χ0n) is 18.9. The topological polar surface area (TPSA) is 105 Å². The van der Waals surface area contributed by atoms with E-state index in [0.717, 1.165) is 44.1 Å². The second-order valence-electron chi connectivity index (χ2n) is 8.47. The molecule has 1 saturated carbocycles. The van der Waals surface area contributed by atoms with Crippen molar-refractivity contribution in [3.8, 4) is 5.75 Å². The van der Waals surface area contributed by atoms with Crippen LogP contribution in [0.25, 0.3) is 6.08 Å². The zero-order chi connectivity index (χ0) is 23.6. The molecule has 174 valence electrons. The normalized spacial score (nSPS) is 18.1. The van der Waals surface area contributed by atoms with E-state index in [1.54, 1.807) is 48.5 Å². The molecule has 1 aliphatic rings. The summed E-state index contributed by atoms with van der Waals surface area (Å²) < 4.78 is 10.8. The maximum atomic E-state index is 12.5. The molecule has 0 atom stereocenters. The summed E-state index contributed by atoms with van der Waals surface area (Å²) in [6, 6.07) is 12.1. The number of esters is 2. The molecule has 3 rings (SSSR count). The van der Waals surface area contributed by atoms with Crippen molar-refractivity contribution in [2.75, 3.05) is 11.5 Å². The summed E-state index contributed by atoms with van der Waals surface area (Å²) in [5.41, 5.74) is 14.1. The van der Waals surface area contributed by atoms with Crippen LogP contribution in [0.15, 0.2) is 61.2 Å². The Hall–Kier alpha value is -3.54. The van der Waals surface area contributed by atoms with Crippen molar-refractivity contribution < 1.29 is 19.1 Å². The predicted octanol–water partition coefficient (Wildman–Crippen LogP) is 5.29. The van der Waals surface area contributed by atoms with E-state index in [2.05, 4.69) is 6.58 Å². The number of benzene rings is 2. The molecule has 0 aromatic heterocycles. The highest BCUT2D eigenvalue weighted by molar-refractivity contribution is 5.87. The van der Waals surface area contributed by atoms with Crippen molar-refractivity contribution in [3.05, 3.63) is 72.3 Å². The molecule has 1 fully saturated rings. The van der Waals surface area contributed by atoms with E-state index in [-0.39, 0.29) is 18.5 Å². The van der Waals surface area contributed by atoms with E-state index in [4.69, 9.17) is 20.9 Å². The Bertz CT molecular complexity index is 990. The maximum absolute atomic E-state index is 12.5. The number of rotatable bonds is 9. The average Bonchev–Trinajstić information content (AvgIpc) is 2.82. The van der Waals surface area contributed by atoms with Gasteiger partial charge >= 0.3 is 11.9 Å². The summed E-state index contributed by atoms with van der Waals surface area (Å²) in [7, 11) is 0. The van der Waals surface area contributed by atoms with Gasteiger partial charge in [-0.05, 0) is 80.3 Å². The van der Waals surface area contributed by atoms with Gasteiger partial charge in [-0.15, -0.1) is 6.58 Å². The van der Waals surface area contributed by atoms with Gasteiger partial charge in [-0.25, -0.2) is 4.79 Å². The summed E-state index contributed by atoms with van der Waals surface area (Å²) in [4.78, 5) is 24.5. The van der Waals surface area contributed by atoms with Crippen molar-refractivity contribution in [2.24, 2.45) is 11.8 Å². The monoisotopic (exact) mass is 448 g/mol. The van der Waals surface area contributed by atoms with Crippen LogP contribution >= 0.6 is 0 Å². The van der Waals surface area contributed by atoms with E-state index in [1.807, 2.05) is 6.08 Å². The van der Waals surface area contributed by atoms with Crippen molar-refractivity contribution in [3.63, 3.8) is 0 Å². The number of carbonyl (C=O) groups excluding carboxylic acids is 2. The van der Waals surface area contributed by atoms with E-state index >= 15 is 0 Å². The lowest BCUT2D eigenvalue weighted by Gasteiger charge is -2.26. The highest BCUT2D eigenvalue weighted by Gasteiger charge is 2.27. The third-order valence-electron chi connectivity index (χ3n) is 6.01. The van der Waals surface area contributed by atoms with Crippen molar-refractivity contribution >= 4 is 29.4 Å². The summed E-state index contributed by atoms with van der Waals surface area (Å²) in [6.07, 6.45) is 11.0. The molecule has 0 saturated heterocycles. The molecule has 33 heavy (non-hydrogen) atoms. The predicted molar refractivity (Wildman–Crippen MR) is 131 cm³/mol. The molecule has 6 nitrogen and oxygen atoms in total. The first-order valence-corrected chi connectivity index (χ1v) is 11.4. The number of allylic oxidation sites excluding steroid dienone is 1. The minimum Gasteiger partial charge on any atom is -0.458 e. The molecule has 0 amide bonds. The van der Waals surface area contributed by atoms with Crippen LogP contribution in [-0.4, -0.2) is 11.9 Å². The molecule has 4 N–H and O–H groups in total. The largest absolute Gasteiger partial charge is 0.458 e. The Labute approximate surface area is 195 Å². The third-order valence-corrected chi connectivity index (χ3v) is 6.01. The van der Waals surface area contributed by atoms with Gasteiger partial charge in [-0.3, -0.25) is 4.79 Å². The number of hydrogen-bond donors (Lipinski definition) is 2. The molecule has 0 radical (unpaired) electrons. The Morgan fingerprint density at radius 2 is 1.76 bits per heavy atom. The maximum Gasteiger partial charge on any atom is 0.331 e. The Morgan fingerprint density at radius 1 is 1.03 bits per heavy atom. The summed E-state index contributed by atoms with van der Waals surface area (Å²) in [6.45, 7) is 3.85. The fourth-order valence-corrected chi connectivity index (χ4v) is 3.99. The molecule has 2 aromatic carbocycles. The van der Waals surface area contributed by atoms with Crippen LogP contribution in [0.3, 0.4) is 0 Å². The Kier molecular flexibility index (Phi) is 8.70. The average molecular weight is 449 g/mol. The minimum atomic E-state index is -0.481. The molecule has 0 unspecified atom stereocenters. The molecule has 0 aliphatic heterocycles. The fourth-order valence-electron chi connectivity index (χ4n) is 3.99. The molecular formula is C27H32N2O4. The van der Waals surface area contributed by atoms with E-state index < -0.39 is 5.97 Å². The number of carbonyl (C=O) groups is 2. The summed E-state index contributed by atoms with van der Waals surface area (Å²) >= 11 is 0. The van der Waals surface area contributed by atoms with Gasteiger partial charge in [-0.1, -0.05) is 24.3 Å². The van der Waals surface area contributed by atoms with Gasteiger partial charge < -0.3 is 20.9 Å². The Morgan fingerprint density at radius 3 is 2.42 bits per heavy atom. The van der Waals surface area contributed by atoms with E-state index in [1.165, 1.54) is 6.08 Å². The lowest BCUT2D eigenvalue weighted by molar-refractivity contribution is -0.140. The number of nitrogen functional groups attached to an aromatic ring is 2. The number of hydrogen-bond acceptors (Lipinski definition) is 6. The van der Waals surface area contributed by atoms with Crippen molar-refractivity contribution in [2.45, 2.75) is 45.1 Å². The summed E-state index contributed by atoms with van der Waals surface area (Å²) in [5, 5.41) is 0. The standard InChI is InChI=1S/C27H32N2O4/c1-2-3-4-19-5-10-21(11-6-19)27(31)33-24-14-7-20(8-15-24)9-16-26(30)32-18-22-12-13-23(28)17-25(22)29/h2,7-9,12-17,19,21H,1,3-6,10-11,18,28-29H2/b16-9+. The van der Waals surface area contributed by atoms with Crippen LogP contribution in [0.5, 0.6) is 5.75 Å². The van der Waals surface area contributed by atoms with Crippen LogP contribution in [0.1, 0.15) is 49.7 Å². The molecule has 1 aliphatic carbocycles. The van der Waals surface area contributed by atoms with E-state index in [9.17, 15) is 9.59 Å². The van der Waals surface area contributed by atoms with Gasteiger partial charge in [0, 0.05) is 23.0 Å². The van der Waals surface area contributed by atoms with Gasteiger partial charge in [0.05, 0.1) is 5.92 Å². The zero-order valence-corrected chi connectivity index (χ0v) is 18.9. The summed E-state index contributed by atoms with van der Waals surface area (Å²) in [5.74, 6) is 0.520. The van der Waals surface area contributed by atoms with E-state index in [0.29, 0.717) is 28.6 Å². The molecular weight excluding hydrogens is 416 g/mol. The number of ether oxygens (including phenoxy) is 2. The molecule has 2 aromatic rings. The van der Waals surface area contributed by atoms with Gasteiger partial charge in [-0.2, -0.15) is 0 Å². The van der Waals surface area contributed by atoms with Crippen molar-refractivity contribution in [1.29, 1.82) is 0 Å². The lowest BCUT2D eigenvalue weighted by atomic mass is 9.80. The van der Waals surface area contributed by atoms with Crippen LogP contribution in [-0.2, 0) is 20.9 Å². The van der Waals surface area contributed by atoms with Crippen LogP contribution in [0, 0.1) is 11.8 Å². The SMILES string of the molecule is C=CCCC1CCC(C(=O)Oc2ccc(/C=C/C(=O)OCc3ccc(N)cc3N)cc2)CC1.